The number of carbonyl (C=O) groups excluding carboxylic acids is 1. The summed E-state index contributed by atoms with van der Waals surface area (Å²) in [6.45, 7) is 10.0. The summed E-state index contributed by atoms with van der Waals surface area (Å²) in [5.74, 6) is 2.28. The number of nitriles is 2. The molecule has 2 unspecified atom stereocenters. The van der Waals surface area contributed by atoms with Gasteiger partial charge in [-0.1, -0.05) is 131 Å². The number of aldehydes is 1. The Labute approximate surface area is 296 Å². The number of para-hydroxylation sites is 1. The van der Waals surface area contributed by atoms with Gasteiger partial charge < -0.3 is 9.47 Å². The van der Waals surface area contributed by atoms with Crippen LogP contribution in [0.4, 0.5) is 5.69 Å². The van der Waals surface area contributed by atoms with Crippen LogP contribution in [0.3, 0.4) is 0 Å². The summed E-state index contributed by atoms with van der Waals surface area (Å²) in [7, 11) is 0. The number of rotatable bonds is 19. The van der Waals surface area contributed by atoms with Crippen molar-refractivity contribution in [1.82, 2.24) is 0 Å². The molecule has 250 valence electrons. The molecule has 2 heterocycles. The van der Waals surface area contributed by atoms with E-state index in [2.05, 4.69) is 45.3 Å². The van der Waals surface area contributed by atoms with Gasteiger partial charge in [0.05, 0.1) is 58.6 Å². The molecule has 4 rings (SSSR count). The van der Waals surface area contributed by atoms with Gasteiger partial charge in [-0.15, -0.1) is 0 Å². The van der Waals surface area contributed by atoms with Crippen LogP contribution >= 0.6 is 47.0 Å². The molecule has 0 amide bonds. The van der Waals surface area contributed by atoms with Gasteiger partial charge in [-0.25, -0.2) is 0 Å². The van der Waals surface area contributed by atoms with Crippen LogP contribution in [0.15, 0.2) is 69.5 Å². The molecule has 2 aromatic carbocycles. The van der Waals surface area contributed by atoms with E-state index < -0.39 is 0 Å². The maximum atomic E-state index is 11.9. The number of fused-ring (bicyclic) bond motifs is 2. The van der Waals surface area contributed by atoms with E-state index in [1.807, 2.05) is 30.3 Å². The van der Waals surface area contributed by atoms with Crippen LogP contribution < -0.4 is 15.0 Å². The van der Waals surface area contributed by atoms with Crippen LogP contribution in [0.2, 0.25) is 0 Å². The highest BCUT2D eigenvalue weighted by Crippen LogP contribution is 2.68. The summed E-state index contributed by atoms with van der Waals surface area (Å²) in [6, 6.07) is 14.0. The third kappa shape index (κ3) is 9.70. The highest BCUT2D eigenvalue weighted by molar-refractivity contribution is 8.26. The predicted molar refractivity (Wildman–Crippen MR) is 195 cm³/mol. The molecule has 47 heavy (non-hydrogen) atoms. The summed E-state index contributed by atoms with van der Waals surface area (Å²) in [5.41, 5.74) is 4.35. The van der Waals surface area contributed by atoms with Gasteiger partial charge in [-0.05, 0) is 36.8 Å². The van der Waals surface area contributed by atoms with Gasteiger partial charge in [0.2, 0.25) is 0 Å². The zero-order valence-electron chi connectivity index (χ0n) is 27.6. The number of hydrogen-bond donors (Lipinski definition) is 1. The Hall–Kier alpha value is -2.67. The van der Waals surface area contributed by atoms with Crippen molar-refractivity contribution in [2.75, 3.05) is 25.3 Å². The Morgan fingerprint density at radius 2 is 1.30 bits per heavy atom. The van der Waals surface area contributed by atoms with Crippen molar-refractivity contribution in [3.8, 4) is 23.6 Å². The molecule has 0 saturated heterocycles. The molecule has 2 aromatic rings. The summed E-state index contributed by atoms with van der Waals surface area (Å²) >= 11 is 5.82. The van der Waals surface area contributed by atoms with Crippen molar-refractivity contribution in [3.63, 3.8) is 0 Å². The molecule has 0 spiro atoms. The molecule has 2 atom stereocenters. The Bertz CT molecular complexity index is 1470. The number of nitrogens with one attached hydrogen (secondary N) is 1. The average Bonchev–Trinajstić information content (AvgIpc) is 3.74. The first kappa shape index (κ1) is 37.2. The molecule has 0 fully saturated rings. The molecular weight excluding hydrogens is 667 g/mol. The van der Waals surface area contributed by atoms with Crippen LogP contribution in [0.5, 0.6) is 11.5 Å². The molecule has 0 bridgehead atoms. The monoisotopic (exact) mass is 709 g/mol. The second kappa shape index (κ2) is 19.4. The molecular formula is C36H43N3O4S4. The van der Waals surface area contributed by atoms with Crippen molar-refractivity contribution in [2.45, 2.75) is 98.6 Å². The van der Waals surface area contributed by atoms with Crippen LogP contribution in [0.25, 0.3) is 0 Å². The van der Waals surface area contributed by atoms with E-state index in [0.717, 1.165) is 92.4 Å². The zero-order chi connectivity index (χ0) is 33.6. The standard InChI is InChI=1S/C36H43N3O4S4/c1-5-9-14-24(7-3)21-41-29-31-32(45-35(44-31)26(18-37)20-40)30(42-22-25(8-4)15-10-6-2)34-33(29)46-36(47-34)27(19-38)23-43-39-28-16-12-11-13-17-28/h11-13,16-17,20,24-25,39H,5-10,14-15,21-23H2,1-4H3. The van der Waals surface area contributed by atoms with Crippen LogP contribution in [0, 0.1) is 34.5 Å². The molecule has 0 aromatic heterocycles. The maximum Gasteiger partial charge on any atom is 0.162 e. The number of allylic oxidation sites excluding steroid dienone is 1. The molecule has 1 N–H and O–H groups in total. The van der Waals surface area contributed by atoms with Crippen molar-refractivity contribution in [3.05, 3.63) is 50.0 Å². The van der Waals surface area contributed by atoms with E-state index in [9.17, 15) is 15.3 Å². The molecule has 0 aliphatic carbocycles. The maximum absolute atomic E-state index is 11.9. The Kier molecular flexibility index (Phi) is 15.3. The fraction of sp³-hybridized carbons (Fsp3) is 0.472. The van der Waals surface area contributed by atoms with E-state index in [1.54, 1.807) is 0 Å². The van der Waals surface area contributed by atoms with Gasteiger partial charge >= 0.3 is 0 Å². The van der Waals surface area contributed by atoms with Crippen molar-refractivity contribution in [1.29, 1.82) is 10.5 Å². The van der Waals surface area contributed by atoms with Gasteiger partial charge in [0.1, 0.15) is 29.7 Å². The van der Waals surface area contributed by atoms with Crippen LogP contribution in [0.1, 0.15) is 79.1 Å². The van der Waals surface area contributed by atoms with Crippen molar-refractivity contribution >= 4 is 59.0 Å². The third-order valence-corrected chi connectivity index (χ3v) is 13.4. The van der Waals surface area contributed by atoms with Crippen LogP contribution in [-0.2, 0) is 9.63 Å². The Morgan fingerprint density at radius 1 is 0.787 bits per heavy atom. The molecule has 2 aliphatic heterocycles. The topological polar surface area (TPSA) is 104 Å². The first-order valence-electron chi connectivity index (χ1n) is 16.4. The summed E-state index contributed by atoms with van der Waals surface area (Å²) < 4.78 is 14.9. The molecule has 0 radical (unpaired) electrons. The smallest absolute Gasteiger partial charge is 0.162 e. The summed E-state index contributed by atoms with van der Waals surface area (Å²) in [4.78, 5) is 21.2. The number of unbranched alkanes of at least 4 members (excludes halogenated alkanes) is 2. The highest BCUT2D eigenvalue weighted by atomic mass is 32.2. The average molecular weight is 710 g/mol. The van der Waals surface area contributed by atoms with Crippen molar-refractivity contribution in [2.24, 2.45) is 11.8 Å². The summed E-state index contributed by atoms with van der Waals surface area (Å²) in [6.07, 6.45) is 9.36. The number of benzene rings is 2. The minimum absolute atomic E-state index is 0.0892. The number of hydrogen-bond acceptors (Lipinski definition) is 11. The van der Waals surface area contributed by atoms with E-state index in [4.69, 9.17) is 14.3 Å². The quantitative estimate of drug-likeness (QED) is 0.0652. The fourth-order valence-corrected chi connectivity index (χ4v) is 10.4. The highest BCUT2D eigenvalue weighted by Gasteiger charge is 2.38. The Morgan fingerprint density at radius 3 is 1.72 bits per heavy atom. The fourth-order valence-electron chi connectivity index (χ4n) is 5.05. The normalized spacial score (nSPS) is 14.4. The molecule has 11 heteroatoms. The van der Waals surface area contributed by atoms with Gasteiger partial charge in [0.15, 0.2) is 6.29 Å². The number of nitrogens with zero attached hydrogens (tertiary/aromatic N) is 2. The van der Waals surface area contributed by atoms with Gasteiger partial charge in [0, 0.05) is 0 Å². The minimum atomic E-state index is 0.0892. The second-order valence-electron chi connectivity index (χ2n) is 11.4. The van der Waals surface area contributed by atoms with Gasteiger partial charge in [-0.2, -0.15) is 10.5 Å². The number of thioether (sulfide) groups is 4. The lowest BCUT2D eigenvalue weighted by atomic mass is 10.0. The van der Waals surface area contributed by atoms with E-state index in [-0.39, 0.29) is 12.2 Å². The minimum Gasteiger partial charge on any atom is -0.491 e. The third-order valence-electron chi connectivity index (χ3n) is 8.05. The van der Waals surface area contributed by atoms with Gasteiger partial charge in [0.25, 0.3) is 0 Å². The first-order valence-corrected chi connectivity index (χ1v) is 19.6. The first-order chi connectivity index (χ1) is 23.0. The Balaban J connectivity index is 1.76. The van der Waals surface area contributed by atoms with E-state index in [0.29, 0.717) is 41.1 Å². The largest absolute Gasteiger partial charge is 0.491 e. The lowest BCUT2D eigenvalue weighted by Crippen LogP contribution is -2.14. The van der Waals surface area contributed by atoms with E-state index >= 15 is 0 Å². The predicted octanol–water partition coefficient (Wildman–Crippen LogP) is 11.0. The zero-order valence-corrected chi connectivity index (χ0v) is 30.8. The van der Waals surface area contributed by atoms with Crippen LogP contribution in [-0.4, -0.2) is 26.1 Å². The molecule has 0 saturated carbocycles. The van der Waals surface area contributed by atoms with E-state index in [1.165, 1.54) is 47.0 Å². The van der Waals surface area contributed by atoms with Gasteiger partial charge in [-0.3, -0.25) is 15.1 Å². The van der Waals surface area contributed by atoms with Crippen molar-refractivity contribution < 1.29 is 19.1 Å². The second-order valence-corrected chi connectivity index (χ2v) is 16.0. The SMILES string of the molecule is CCCCC(CC)COc1c2c(c(OCC(CC)CCCC)c3c1SC(=C(C#N)CONc1ccccc1)S3)SC(=C(C#N)C=O)S2. The summed E-state index contributed by atoms with van der Waals surface area (Å²) in [5, 5.41) is 19.9. The molecule has 7 nitrogen and oxygen atoms in total. The number of anilines is 1. The lowest BCUT2D eigenvalue weighted by Gasteiger charge is -2.22. The lowest BCUT2D eigenvalue weighted by molar-refractivity contribution is -0.104. The number of ether oxygens (including phenoxy) is 2. The molecule has 2 aliphatic rings. The number of carbonyl (C=O) groups is 1.